The third kappa shape index (κ3) is 10.0. The van der Waals surface area contributed by atoms with Crippen molar-refractivity contribution in [3.8, 4) is 0 Å². The summed E-state index contributed by atoms with van der Waals surface area (Å²) in [6.45, 7) is 17.6. The van der Waals surface area contributed by atoms with Crippen molar-refractivity contribution < 1.29 is 19.4 Å². The summed E-state index contributed by atoms with van der Waals surface area (Å²) in [7, 11) is 1.39. The van der Waals surface area contributed by atoms with E-state index in [1.165, 1.54) is 64.9 Å². The highest BCUT2D eigenvalue weighted by atomic mass is 16.5. The Balaban J connectivity index is 1.22. The van der Waals surface area contributed by atoms with E-state index in [0.29, 0.717) is 53.4 Å². The van der Waals surface area contributed by atoms with Gasteiger partial charge in [0.25, 0.3) is 0 Å². The average Bonchev–Trinajstić information content (AvgIpc) is 3.47. The number of carbonyl (C=O) groups excluding carboxylic acids is 2. The molecule has 0 spiro atoms. The van der Waals surface area contributed by atoms with E-state index in [9.17, 15) is 14.7 Å². The molecule has 4 saturated carbocycles. The van der Waals surface area contributed by atoms with E-state index in [-0.39, 0.29) is 29.3 Å². The van der Waals surface area contributed by atoms with Gasteiger partial charge in [-0.05, 0) is 175 Å². The molecule has 4 fully saturated rings. The second-order valence-electron chi connectivity index (χ2n) is 17.6. The van der Waals surface area contributed by atoms with E-state index < -0.39 is 6.04 Å². The van der Waals surface area contributed by atoms with Crippen LogP contribution < -0.4 is 27.0 Å². The van der Waals surface area contributed by atoms with E-state index in [1.807, 2.05) is 13.8 Å². The second kappa shape index (κ2) is 19.7. The highest BCUT2D eigenvalue weighted by Gasteiger charge is 2.62. The SMILES string of the molecule is CC[C@@H](C)[C@H](NC(=O)CC[C@@H](C)[C@H]1CCC2C3C(O)C[C@@H]4C[C@@H](NCCCNCCCCNCCCN)CC[C@]4(C)C3CC[C@@]21C)C(=O)OC. The normalized spacial score (nSPS) is 35.3. The van der Waals surface area contributed by atoms with E-state index in [1.54, 1.807) is 0 Å². The summed E-state index contributed by atoms with van der Waals surface area (Å²) in [6, 6.07) is -0.00469. The molecular formula is C41H77N5O4. The lowest BCUT2D eigenvalue weighted by molar-refractivity contribution is -0.167. The number of nitrogens with one attached hydrogen (secondary N) is 4. The number of hydrogen-bond acceptors (Lipinski definition) is 8. The molecule has 4 aliphatic rings. The number of amides is 1. The third-order valence-corrected chi connectivity index (χ3v) is 14.7. The maximum absolute atomic E-state index is 13.0. The Bertz CT molecular complexity index is 1050. The molecule has 0 aliphatic heterocycles. The van der Waals surface area contributed by atoms with Gasteiger partial charge in [0, 0.05) is 12.5 Å². The summed E-state index contributed by atoms with van der Waals surface area (Å²) >= 11 is 0. The predicted molar refractivity (Wildman–Crippen MR) is 203 cm³/mol. The van der Waals surface area contributed by atoms with E-state index in [0.717, 1.165) is 71.4 Å². The number of fused-ring (bicyclic) bond motifs is 5. The van der Waals surface area contributed by atoms with Gasteiger partial charge >= 0.3 is 5.97 Å². The molecule has 4 unspecified atom stereocenters. The van der Waals surface area contributed by atoms with Crippen LogP contribution >= 0.6 is 0 Å². The molecule has 290 valence electrons. The Morgan fingerprint density at radius 3 is 2.22 bits per heavy atom. The van der Waals surface area contributed by atoms with Crippen LogP contribution in [0.5, 0.6) is 0 Å². The first-order chi connectivity index (χ1) is 24.0. The minimum absolute atomic E-state index is 0.0379. The van der Waals surface area contributed by atoms with Crippen LogP contribution in [-0.2, 0) is 14.3 Å². The van der Waals surface area contributed by atoms with E-state index >= 15 is 0 Å². The lowest BCUT2D eigenvalue weighted by Gasteiger charge is -2.62. The van der Waals surface area contributed by atoms with Crippen LogP contribution in [0.3, 0.4) is 0 Å². The molecule has 0 aromatic carbocycles. The molecule has 0 heterocycles. The Hall–Kier alpha value is -1.26. The van der Waals surface area contributed by atoms with Gasteiger partial charge in [0.15, 0.2) is 0 Å². The van der Waals surface area contributed by atoms with Gasteiger partial charge in [-0.3, -0.25) is 4.79 Å². The molecule has 12 atom stereocenters. The maximum Gasteiger partial charge on any atom is 0.328 e. The average molecular weight is 704 g/mol. The lowest BCUT2D eigenvalue weighted by Crippen LogP contribution is -2.59. The molecular weight excluding hydrogens is 626 g/mol. The smallest absolute Gasteiger partial charge is 0.328 e. The van der Waals surface area contributed by atoms with Gasteiger partial charge in [-0.1, -0.05) is 41.0 Å². The van der Waals surface area contributed by atoms with Gasteiger partial charge in [-0.15, -0.1) is 0 Å². The van der Waals surface area contributed by atoms with Gasteiger partial charge in [0.1, 0.15) is 6.04 Å². The molecule has 0 bridgehead atoms. The van der Waals surface area contributed by atoms with Crippen LogP contribution in [-0.4, -0.2) is 81.5 Å². The fourth-order valence-electron chi connectivity index (χ4n) is 11.5. The molecule has 0 radical (unpaired) electrons. The highest BCUT2D eigenvalue weighted by Crippen LogP contribution is 2.68. The molecule has 50 heavy (non-hydrogen) atoms. The van der Waals surface area contributed by atoms with Crippen LogP contribution in [0.15, 0.2) is 0 Å². The number of hydrogen-bond donors (Lipinski definition) is 6. The molecule has 4 rings (SSSR count). The zero-order valence-corrected chi connectivity index (χ0v) is 32.9. The highest BCUT2D eigenvalue weighted by molar-refractivity contribution is 5.84. The van der Waals surface area contributed by atoms with Crippen LogP contribution in [0, 0.1) is 52.3 Å². The minimum atomic E-state index is -0.581. The van der Waals surface area contributed by atoms with E-state index in [2.05, 4.69) is 42.0 Å². The maximum atomic E-state index is 13.0. The quantitative estimate of drug-likeness (QED) is 0.0692. The Labute approximate surface area is 305 Å². The second-order valence-corrected chi connectivity index (χ2v) is 17.6. The summed E-state index contributed by atoms with van der Waals surface area (Å²) in [6.07, 6.45) is 16.1. The Morgan fingerprint density at radius 2 is 1.54 bits per heavy atom. The largest absolute Gasteiger partial charge is 0.467 e. The van der Waals surface area contributed by atoms with Crippen molar-refractivity contribution in [3.63, 3.8) is 0 Å². The summed E-state index contributed by atoms with van der Waals surface area (Å²) in [5.41, 5.74) is 6.10. The number of esters is 1. The van der Waals surface area contributed by atoms with Gasteiger partial charge in [-0.2, -0.15) is 0 Å². The number of ether oxygens (including phenoxy) is 1. The Morgan fingerprint density at radius 1 is 0.880 bits per heavy atom. The lowest BCUT2D eigenvalue weighted by atomic mass is 9.43. The molecule has 0 aromatic rings. The van der Waals surface area contributed by atoms with Crippen molar-refractivity contribution in [1.82, 2.24) is 21.3 Å². The van der Waals surface area contributed by atoms with Crippen LogP contribution in [0.25, 0.3) is 0 Å². The zero-order valence-electron chi connectivity index (χ0n) is 32.9. The monoisotopic (exact) mass is 704 g/mol. The Kier molecular flexibility index (Phi) is 16.4. The molecule has 9 nitrogen and oxygen atoms in total. The first-order valence-corrected chi connectivity index (χ1v) is 20.9. The van der Waals surface area contributed by atoms with Crippen molar-refractivity contribution in [1.29, 1.82) is 0 Å². The van der Waals surface area contributed by atoms with Crippen LogP contribution in [0.4, 0.5) is 0 Å². The standard InChI is InChI=1S/C41H77N5O4/c1-7-28(2)38(39(49)50-6)46-36(48)15-12-29(3)32-13-14-33-37-34(17-19-41(32,33)5)40(4)18-16-31(26-30(40)27-35(37)47)45-25-11-24-44-22-9-8-21-43-23-10-20-42/h28-35,37-38,43-45,47H,7-27,42H2,1-6H3,(H,46,48)/t28-,29-,30+,31+,32-,33?,34?,35?,37?,38+,40+,41-/m1/s1. The van der Waals surface area contributed by atoms with Gasteiger partial charge in [-0.25, -0.2) is 4.79 Å². The number of carbonyl (C=O) groups is 2. The van der Waals surface area contributed by atoms with E-state index in [4.69, 9.17) is 10.5 Å². The van der Waals surface area contributed by atoms with Crippen LogP contribution in [0.2, 0.25) is 0 Å². The summed E-state index contributed by atoms with van der Waals surface area (Å²) in [5, 5.41) is 25.8. The molecule has 0 aromatic heterocycles. The molecule has 9 heteroatoms. The van der Waals surface area contributed by atoms with Gasteiger partial charge in [0.05, 0.1) is 13.2 Å². The molecule has 1 amide bonds. The van der Waals surface area contributed by atoms with Crippen molar-refractivity contribution in [3.05, 3.63) is 0 Å². The third-order valence-electron chi connectivity index (χ3n) is 14.7. The summed E-state index contributed by atoms with van der Waals surface area (Å²) in [4.78, 5) is 25.3. The molecule has 7 N–H and O–H groups in total. The van der Waals surface area contributed by atoms with Gasteiger partial charge < -0.3 is 36.8 Å². The topological polar surface area (TPSA) is 138 Å². The predicted octanol–water partition coefficient (Wildman–Crippen LogP) is 5.39. The number of aliphatic hydroxyl groups is 1. The number of methoxy groups -OCH3 is 1. The minimum Gasteiger partial charge on any atom is -0.467 e. The summed E-state index contributed by atoms with van der Waals surface area (Å²) in [5.74, 6) is 2.83. The van der Waals surface area contributed by atoms with Gasteiger partial charge in [0.2, 0.25) is 5.91 Å². The first-order valence-electron chi connectivity index (χ1n) is 20.9. The van der Waals surface area contributed by atoms with Crippen molar-refractivity contribution in [2.75, 3.05) is 46.4 Å². The fourth-order valence-corrected chi connectivity index (χ4v) is 11.5. The first kappa shape index (κ1) is 41.5. The molecule has 4 aliphatic carbocycles. The molecule has 0 saturated heterocycles. The van der Waals surface area contributed by atoms with Crippen molar-refractivity contribution >= 4 is 11.9 Å². The fraction of sp³-hybridized carbons (Fsp3) is 0.951. The number of rotatable bonds is 21. The summed E-state index contributed by atoms with van der Waals surface area (Å²) < 4.78 is 4.98. The zero-order chi connectivity index (χ0) is 36.3. The number of nitrogens with two attached hydrogens (primary N) is 1. The number of unbranched alkanes of at least 4 members (excludes halogenated alkanes) is 1. The van der Waals surface area contributed by atoms with Crippen molar-refractivity contribution in [2.24, 2.45) is 58.0 Å². The number of aliphatic hydroxyl groups excluding tert-OH is 1. The van der Waals surface area contributed by atoms with Crippen molar-refractivity contribution in [2.45, 2.75) is 149 Å². The van der Waals surface area contributed by atoms with Crippen LogP contribution in [0.1, 0.15) is 131 Å².